The van der Waals surface area contributed by atoms with Crippen LogP contribution in [-0.2, 0) is 0 Å². The quantitative estimate of drug-likeness (QED) is 0.756. The van der Waals surface area contributed by atoms with Gasteiger partial charge in [-0.25, -0.2) is 0 Å². The number of hydrogen-bond acceptors (Lipinski definition) is 2. The van der Waals surface area contributed by atoms with Crippen molar-refractivity contribution in [3.63, 3.8) is 0 Å². The van der Waals surface area contributed by atoms with Crippen molar-refractivity contribution in [1.29, 1.82) is 0 Å². The van der Waals surface area contributed by atoms with Crippen LogP contribution in [0.2, 0.25) is 0 Å². The van der Waals surface area contributed by atoms with E-state index in [0.717, 1.165) is 24.3 Å². The maximum Gasteiger partial charge on any atom is 0.0334 e. The number of nitrogens with two attached hydrogens (primary N) is 1. The number of nitrogens with zero attached hydrogens (tertiary/aromatic N) is 1. The van der Waals surface area contributed by atoms with Gasteiger partial charge in [0.25, 0.3) is 0 Å². The molecular weight excluding hydrogens is 184 g/mol. The smallest absolute Gasteiger partial charge is 0.0334 e. The Hall–Kier alpha value is -0.0800. The summed E-state index contributed by atoms with van der Waals surface area (Å²) in [6, 6.07) is 0. The van der Waals surface area contributed by atoms with E-state index in [9.17, 15) is 0 Å². The van der Waals surface area contributed by atoms with E-state index in [1.54, 1.807) is 0 Å². The third-order valence-corrected chi connectivity index (χ3v) is 4.87. The van der Waals surface area contributed by atoms with Gasteiger partial charge in [-0.05, 0) is 37.0 Å². The molecule has 1 aliphatic heterocycles. The maximum absolute atomic E-state index is 6.06. The lowest BCUT2D eigenvalue weighted by atomic mass is 9.94. The van der Waals surface area contributed by atoms with Crippen LogP contribution < -0.4 is 5.73 Å². The zero-order valence-electron chi connectivity index (χ0n) is 10.5. The summed E-state index contributed by atoms with van der Waals surface area (Å²) in [5, 5.41) is 0. The molecule has 0 amide bonds. The fraction of sp³-hybridized carbons (Fsp3) is 1.00. The van der Waals surface area contributed by atoms with Gasteiger partial charge in [0.05, 0.1) is 0 Å². The molecule has 4 unspecified atom stereocenters. The van der Waals surface area contributed by atoms with Crippen LogP contribution >= 0.6 is 0 Å². The predicted molar refractivity (Wildman–Crippen MR) is 64.7 cm³/mol. The topological polar surface area (TPSA) is 29.3 Å². The van der Waals surface area contributed by atoms with Gasteiger partial charge in [0.1, 0.15) is 0 Å². The zero-order chi connectivity index (χ0) is 11.1. The Morgan fingerprint density at radius 3 is 2.20 bits per heavy atom. The molecule has 0 aromatic rings. The Morgan fingerprint density at radius 2 is 1.80 bits per heavy atom. The first kappa shape index (κ1) is 11.4. The van der Waals surface area contributed by atoms with Gasteiger partial charge >= 0.3 is 0 Å². The molecule has 4 atom stereocenters. The first-order valence-electron chi connectivity index (χ1n) is 6.52. The van der Waals surface area contributed by atoms with Crippen LogP contribution in [0.1, 0.15) is 40.0 Å². The molecule has 2 fully saturated rings. The number of hydrogen-bond donors (Lipinski definition) is 1. The van der Waals surface area contributed by atoms with E-state index >= 15 is 0 Å². The summed E-state index contributed by atoms with van der Waals surface area (Å²) >= 11 is 0. The van der Waals surface area contributed by atoms with Crippen LogP contribution in [0.4, 0.5) is 0 Å². The van der Waals surface area contributed by atoms with Gasteiger partial charge < -0.3 is 5.73 Å². The second kappa shape index (κ2) is 4.06. The molecule has 15 heavy (non-hydrogen) atoms. The lowest BCUT2D eigenvalue weighted by molar-refractivity contribution is 0.119. The van der Waals surface area contributed by atoms with Crippen LogP contribution in [0, 0.1) is 17.8 Å². The summed E-state index contributed by atoms with van der Waals surface area (Å²) < 4.78 is 0. The van der Waals surface area contributed by atoms with E-state index in [2.05, 4.69) is 25.7 Å². The molecule has 1 saturated carbocycles. The van der Waals surface area contributed by atoms with Gasteiger partial charge in [0, 0.05) is 25.2 Å². The fourth-order valence-corrected chi connectivity index (χ4v) is 3.49. The molecule has 2 heteroatoms. The van der Waals surface area contributed by atoms with Gasteiger partial charge in [-0.2, -0.15) is 0 Å². The van der Waals surface area contributed by atoms with Crippen LogP contribution in [-0.4, -0.2) is 30.1 Å². The third kappa shape index (κ3) is 1.94. The van der Waals surface area contributed by atoms with Gasteiger partial charge in [-0.1, -0.05) is 20.8 Å². The zero-order valence-corrected chi connectivity index (χ0v) is 10.5. The highest BCUT2D eigenvalue weighted by atomic mass is 15.2. The fourth-order valence-electron chi connectivity index (χ4n) is 3.49. The summed E-state index contributed by atoms with van der Waals surface area (Å²) in [6.07, 6.45) is 4.02. The van der Waals surface area contributed by atoms with Crippen molar-refractivity contribution in [1.82, 2.24) is 4.90 Å². The minimum atomic E-state index is 0.360. The molecule has 2 rings (SSSR count). The van der Waals surface area contributed by atoms with Crippen LogP contribution in [0.3, 0.4) is 0 Å². The first-order valence-corrected chi connectivity index (χ1v) is 6.52. The summed E-state index contributed by atoms with van der Waals surface area (Å²) in [6.45, 7) is 10.5. The molecule has 1 aliphatic carbocycles. The van der Waals surface area contributed by atoms with Gasteiger partial charge in [0.15, 0.2) is 0 Å². The van der Waals surface area contributed by atoms with E-state index in [1.807, 2.05) is 0 Å². The maximum atomic E-state index is 6.06. The van der Waals surface area contributed by atoms with Gasteiger partial charge in [-0.3, -0.25) is 4.90 Å². The molecular formula is C13H26N2. The highest BCUT2D eigenvalue weighted by Crippen LogP contribution is 2.41. The Balaban J connectivity index is 2.08. The lowest BCUT2D eigenvalue weighted by Crippen LogP contribution is -2.51. The highest BCUT2D eigenvalue weighted by Gasteiger charge is 2.44. The molecule has 0 bridgehead atoms. The minimum Gasteiger partial charge on any atom is -0.329 e. The monoisotopic (exact) mass is 210 g/mol. The Kier molecular flexibility index (Phi) is 3.09. The molecule has 0 aromatic heterocycles. The van der Waals surface area contributed by atoms with Crippen molar-refractivity contribution in [3.05, 3.63) is 0 Å². The van der Waals surface area contributed by atoms with E-state index in [-0.39, 0.29) is 0 Å². The van der Waals surface area contributed by atoms with Crippen molar-refractivity contribution < 1.29 is 0 Å². The predicted octanol–water partition coefficient (Wildman–Crippen LogP) is 2.09. The van der Waals surface area contributed by atoms with Crippen LogP contribution in [0.25, 0.3) is 0 Å². The second-order valence-corrected chi connectivity index (χ2v) is 6.14. The Morgan fingerprint density at radius 1 is 1.20 bits per heavy atom. The number of likely N-dealkylation sites (tertiary alicyclic amines) is 1. The summed E-state index contributed by atoms with van der Waals surface area (Å²) in [4.78, 5) is 2.70. The second-order valence-electron chi connectivity index (χ2n) is 6.14. The molecule has 0 aromatic carbocycles. The van der Waals surface area contributed by atoms with E-state index < -0.39 is 0 Å². The molecule has 2 N–H and O–H groups in total. The molecule has 0 spiro atoms. The minimum absolute atomic E-state index is 0.360. The van der Waals surface area contributed by atoms with Crippen LogP contribution in [0.5, 0.6) is 0 Å². The van der Waals surface area contributed by atoms with E-state index in [0.29, 0.717) is 5.54 Å². The van der Waals surface area contributed by atoms with Crippen molar-refractivity contribution in [3.8, 4) is 0 Å². The Labute approximate surface area is 94.2 Å². The summed E-state index contributed by atoms with van der Waals surface area (Å²) in [7, 11) is 0. The van der Waals surface area contributed by atoms with Crippen molar-refractivity contribution in [2.75, 3.05) is 19.6 Å². The largest absolute Gasteiger partial charge is 0.329 e. The summed E-state index contributed by atoms with van der Waals surface area (Å²) in [5.41, 5.74) is 6.42. The van der Waals surface area contributed by atoms with E-state index in [1.165, 1.54) is 32.4 Å². The number of rotatable bonds is 2. The Bertz CT molecular complexity index is 219. The summed E-state index contributed by atoms with van der Waals surface area (Å²) in [5.74, 6) is 2.58. The van der Waals surface area contributed by atoms with Gasteiger partial charge in [0.2, 0.25) is 0 Å². The molecule has 0 radical (unpaired) electrons. The molecule has 1 saturated heterocycles. The average Bonchev–Trinajstić information content (AvgIpc) is 2.73. The van der Waals surface area contributed by atoms with Crippen molar-refractivity contribution in [2.24, 2.45) is 23.5 Å². The van der Waals surface area contributed by atoms with Crippen molar-refractivity contribution in [2.45, 2.75) is 45.6 Å². The highest BCUT2D eigenvalue weighted by molar-refractivity contribution is 5.01. The first-order chi connectivity index (χ1) is 7.07. The lowest BCUT2D eigenvalue weighted by Gasteiger charge is -2.38. The molecule has 2 aliphatic rings. The average molecular weight is 210 g/mol. The van der Waals surface area contributed by atoms with Gasteiger partial charge in [-0.15, -0.1) is 0 Å². The standard InChI is InChI=1S/C13H26N2/c1-10-4-5-13(6-10,9-14)15-7-11(2)12(3)8-15/h10-12H,4-9,14H2,1-3H3. The van der Waals surface area contributed by atoms with Crippen molar-refractivity contribution >= 4 is 0 Å². The van der Waals surface area contributed by atoms with E-state index in [4.69, 9.17) is 5.73 Å². The SMILES string of the molecule is CC1CCC(CN)(N2CC(C)C(C)C2)C1. The normalized spacial score (nSPS) is 47.6. The molecule has 88 valence electrons. The molecule has 1 heterocycles. The molecule has 2 nitrogen and oxygen atoms in total. The third-order valence-electron chi connectivity index (χ3n) is 4.87. The van der Waals surface area contributed by atoms with Crippen LogP contribution in [0.15, 0.2) is 0 Å².